The highest BCUT2D eigenvalue weighted by Crippen LogP contribution is 2.33. The van der Waals surface area contributed by atoms with E-state index >= 15 is 0 Å². The number of aryl methyl sites for hydroxylation is 1. The third-order valence-corrected chi connectivity index (χ3v) is 6.31. The Morgan fingerprint density at radius 2 is 2.04 bits per heavy atom. The SMILES string of the molecule is O=C(O)C1CCO[C@H]1C1CCN(C(=O)CCc2ccc(Cl)s2)CC1. The minimum Gasteiger partial charge on any atom is -0.481 e. The standard InChI is InChI=1S/C17H22ClNO4S/c18-14-3-1-12(24-14)2-4-15(20)19-8-5-11(6-9-19)16-13(17(21)22)7-10-23-16/h1,3,11,13,16H,2,4-10H2,(H,21,22)/t13?,16-/m0/s1. The Hall–Kier alpha value is -1.11. The highest BCUT2D eigenvalue weighted by Gasteiger charge is 2.40. The normalized spacial score (nSPS) is 25.1. The van der Waals surface area contributed by atoms with Crippen LogP contribution in [-0.2, 0) is 20.7 Å². The van der Waals surface area contributed by atoms with Crippen molar-refractivity contribution in [3.63, 3.8) is 0 Å². The van der Waals surface area contributed by atoms with E-state index in [9.17, 15) is 14.7 Å². The number of rotatable bonds is 5. The maximum absolute atomic E-state index is 12.4. The molecule has 0 aliphatic carbocycles. The molecule has 1 unspecified atom stereocenters. The number of carboxylic acids is 1. The van der Waals surface area contributed by atoms with Crippen LogP contribution in [0, 0.1) is 11.8 Å². The molecule has 3 rings (SSSR count). The van der Waals surface area contributed by atoms with Gasteiger partial charge in [-0.15, -0.1) is 11.3 Å². The van der Waals surface area contributed by atoms with Crippen molar-refractivity contribution in [3.8, 4) is 0 Å². The van der Waals surface area contributed by atoms with Crippen LogP contribution in [0.15, 0.2) is 12.1 Å². The Balaban J connectivity index is 1.46. The van der Waals surface area contributed by atoms with Gasteiger partial charge in [0.05, 0.1) is 16.4 Å². The molecule has 2 aliphatic rings. The van der Waals surface area contributed by atoms with E-state index < -0.39 is 5.97 Å². The summed E-state index contributed by atoms with van der Waals surface area (Å²) in [6.07, 6.45) is 3.29. The molecular formula is C17H22ClNO4S. The molecule has 2 aliphatic heterocycles. The van der Waals surface area contributed by atoms with Crippen molar-refractivity contribution in [1.82, 2.24) is 4.90 Å². The average Bonchev–Trinajstić information content (AvgIpc) is 3.21. The lowest BCUT2D eigenvalue weighted by Crippen LogP contribution is -2.43. The number of halogens is 1. The first-order valence-electron chi connectivity index (χ1n) is 8.41. The molecule has 1 aromatic rings. The van der Waals surface area contributed by atoms with Crippen LogP contribution in [0.3, 0.4) is 0 Å². The zero-order valence-electron chi connectivity index (χ0n) is 13.4. The van der Waals surface area contributed by atoms with Gasteiger partial charge in [-0.05, 0) is 43.7 Å². The highest BCUT2D eigenvalue weighted by molar-refractivity contribution is 7.16. The van der Waals surface area contributed by atoms with Gasteiger partial charge in [-0.1, -0.05) is 11.6 Å². The highest BCUT2D eigenvalue weighted by atomic mass is 35.5. The smallest absolute Gasteiger partial charge is 0.309 e. The predicted molar refractivity (Wildman–Crippen MR) is 92.4 cm³/mol. The van der Waals surface area contributed by atoms with Gasteiger partial charge in [-0.2, -0.15) is 0 Å². The van der Waals surface area contributed by atoms with Crippen molar-refractivity contribution in [2.45, 2.75) is 38.2 Å². The van der Waals surface area contributed by atoms with Gasteiger partial charge >= 0.3 is 5.97 Å². The van der Waals surface area contributed by atoms with Crippen molar-refractivity contribution in [3.05, 3.63) is 21.3 Å². The summed E-state index contributed by atoms with van der Waals surface area (Å²) in [4.78, 5) is 26.7. The molecule has 0 spiro atoms. The third-order valence-electron chi connectivity index (χ3n) is 5.02. The summed E-state index contributed by atoms with van der Waals surface area (Å²) in [5, 5.41) is 9.28. The lowest BCUT2D eigenvalue weighted by molar-refractivity contribution is -0.146. The lowest BCUT2D eigenvalue weighted by Gasteiger charge is -2.35. The van der Waals surface area contributed by atoms with Crippen LogP contribution in [0.1, 0.15) is 30.6 Å². The van der Waals surface area contributed by atoms with Gasteiger partial charge in [0, 0.05) is 31.0 Å². The molecule has 1 aromatic heterocycles. The Kier molecular flexibility index (Phi) is 5.79. The second-order valence-corrected chi connectivity index (χ2v) is 8.29. The molecule has 0 bridgehead atoms. The van der Waals surface area contributed by atoms with E-state index in [0.29, 0.717) is 32.5 Å². The predicted octanol–water partition coefficient (Wildman–Crippen LogP) is 3.06. The fourth-order valence-electron chi connectivity index (χ4n) is 3.69. The number of nitrogens with zero attached hydrogens (tertiary/aromatic N) is 1. The second kappa shape index (κ2) is 7.85. The number of hydrogen-bond acceptors (Lipinski definition) is 4. The number of aliphatic carboxylic acids is 1. The van der Waals surface area contributed by atoms with E-state index in [1.807, 2.05) is 17.0 Å². The molecule has 0 aromatic carbocycles. The molecule has 2 saturated heterocycles. The number of likely N-dealkylation sites (tertiary alicyclic amines) is 1. The molecule has 24 heavy (non-hydrogen) atoms. The monoisotopic (exact) mass is 371 g/mol. The summed E-state index contributed by atoms with van der Waals surface area (Å²) in [6.45, 7) is 1.92. The zero-order chi connectivity index (χ0) is 17.1. The lowest BCUT2D eigenvalue weighted by atomic mass is 9.84. The third kappa shape index (κ3) is 4.10. The van der Waals surface area contributed by atoms with Gasteiger partial charge < -0.3 is 14.7 Å². The number of carbonyl (C=O) groups is 2. The Bertz CT molecular complexity index is 597. The van der Waals surface area contributed by atoms with Crippen LogP contribution in [0.4, 0.5) is 0 Å². The second-order valence-electron chi connectivity index (χ2n) is 6.49. The minimum absolute atomic E-state index is 0.167. The molecule has 1 N–H and O–H groups in total. The number of carboxylic acid groups (broad SMARTS) is 1. The average molecular weight is 372 g/mol. The van der Waals surface area contributed by atoms with Gasteiger partial charge in [0.1, 0.15) is 0 Å². The quantitative estimate of drug-likeness (QED) is 0.863. The van der Waals surface area contributed by atoms with E-state index in [-0.39, 0.29) is 23.8 Å². The van der Waals surface area contributed by atoms with Gasteiger partial charge in [0.15, 0.2) is 0 Å². The number of piperidine rings is 1. The Labute approximate surface area is 150 Å². The molecule has 132 valence electrons. The minimum atomic E-state index is -0.759. The van der Waals surface area contributed by atoms with Crippen LogP contribution in [0.5, 0.6) is 0 Å². The Morgan fingerprint density at radius 1 is 1.29 bits per heavy atom. The largest absolute Gasteiger partial charge is 0.481 e. The van der Waals surface area contributed by atoms with Crippen LogP contribution < -0.4 is 0 Å². The summed E-state index contributed by atoms with van der Waals surface area (Å²) in [5.74, 6) is -0.736. The molecule has 7 heteroatoms. The topological polar surface area (TPSA) is 66.8 Å². The van der Waals surface area contributed by atoms with Crippen LogP contribution >= 0.6 is 22.9 Å². The number of hydrogen-bond donors (Lipinski definition) is 1. The molecule has 0 radical (unpaired) electrons. The number of ether oxygens (including phenoxy) is 1. The zero-order valence-corrected chi connectivity index (χ0v) is 15.0. The summed E-state index contributed by atoms with van der Waals surface area (Å²) in [7, 11) is 0. The van der Waals surface area contributed by atoms with Gasteiger partial charge in [0.2, 0.25) is 5.91 Å². The van der Waals surface area contributed by atoms with E-state index in [2.05, 4.69) is 0 Å². The van der Waals surface area contributed by atoms with E-state index in [0.717, 1.165) is 28.5 Å². The van der Waals surface area contributed by atoms with Gasteiger partial charge in [-0.3, -0.25) is 9.59 Å². The number of carbonyl (C=O) groups excluding carboxylic acids is 1. The summed E-state index contributed by atoms with van der Waals surface area (Å²) < 4.78 is 6.43. The van der Waals surface area contributed by atoms with Crippen LogP contribution in [0.2, 0.25) is 4.34 Å². The first-order valence-corrected chi connectivity index (χ1v) is 9.60. The summed E-state index contributed by atoms with van der Waals surface area (Å²) in [6, 6.07) is 3.83. The van der Waals surface area contributed by atoms with Crippen molar-refractivity contribution in [1.29, 1.82) is 0 Å². The maximum atomic E-state index is 12.4. The van der Waals surface area contributed by atoms with Crippen LogP contribution in [0.25, 0.3) is 0 Å². The van der Waals surface area contributed by atoms with Crippen LogP contribution in [-0.4, -0.2) is 47.7 Å². The molecule has 3 heterocycles. The van der Waals surface area contributed by atoms with E-state index in [1.54, 1.807) is 0 Å². The van der Waals surface area contributed by atoms with E-state index in [4.69, 9.17) is 16.3 Å². The molecule has 0 saturated carbocycles. The number of amides is 1. The van der Waals surface area contributed by atoms with Crippen molar-refractivity contribution in [2.24, 2.45) is 11.8 Å². The first kappa shape index (κ1) is 17.7. The number of thiophene rings is 1. The fraction of sp³-hybridized carbons (Fsp3) is 0.647. The fourth-order valence-corrected chi connectivity index (χ4v) is 4.78. The molecule has 5 nitrogen and oxygen atoms in total. The molecule has 2 fully saturated rings. The maximum Gasteiger partial charge on any atom is 0.309 e. The van der Waals surface area contributed by atoms with Gasteiger partial charge in [0.25, 0.3) is 0 Å². The molecular weight excluding hydrogens is 350 g/mol. The first-order chi connectivity index (χ1) is 11.5. The molecule has 2 atom stereocenters. The van der Waals surface area contributed by atoms with Crippen molar-refractivity contribution in [2.75, 3.05) is 19.7 Å². The van der Waals surface area contributed by atoms with Crippen molar-refractivity contribution < 1.29 is 19.4 Å². The molecule has 1 amide bonds. The summed E-state index contributed by atoms with van der Waals surface area (Å²) >= 11 is 7.43. The van der Waals surface area contributed by atoms with E-state index in [1.165, 1.54) is 11.3 Å². The van der Waals surface area contributed by atoms with Gasteiger partial charge in [-0.25, -0.2) is 0 Å². The van der Waals surface area contributed by atoms with Crippen molar-refractivity contribution >= 4 is 34.8 Å². The summed E-state index contributed by atoms with van der Waals surface area (Å²) in [5.41, 5.74) is 0. The Morgan fingerprint density at radius 3 is 2.67 bits per heavy atom.